The van der Waals surface area contributed by atoms with Crippen LogP contribution in [0, 0.1) is 6.92 Å². The zero-order valence-electron chi connectivity index (χ0n) is 11.1. The smallest absolute Gasteiger partial charge is 0.0296 e. The zero-order valence-corrected chi connectivity index (χ0v) is 11.1. The van der Waals surface area contributed by atoms with Crippen LogP contribution in [0.1, 0.15) is 57.2 Å². The summed E-state index contributed by atoms with van der Waals surface area (Å²) in [6.07, 6.45) is 3.74. The Hall–Kier alpha value is -0.820. The fourth-order valence-electron chi connectivity index (χ4n) is 2.27. The zero-order chi connectivity index (χ0) is 12.0. The van der Waals surface area contributed by atoms with Gasteiger partial charge in [0.25, 0.3) is 0 Å². The second-order valence-corrected chi connectivity index (χ2v) is 4.64. The number of rotatable bonds is 6. The Balaban J connectivity index is 2.64. The van der Waals surface area contributed by atoms with Gasteiger partial charge in [0.05, 0.1) is 0 Å². The van der Waals surface area contributed by atoms with E-state index in [4.69, 9.17) is 0 Å². The van der Waals surface area contributed by atoms with Crippen LogP contribution in [-0.2, 0) is 0 Å². The van der Waals surface area contributed by atoms with Gasteiger partial charge < -0.3 is 5.32 Å². The first kappa shape index (κ1) is 13.2. The molecule has 0 aliphatic rings. The first-order valence-corrected chi connectivity index (χ1v) is 6.50. The molecule has 1 unspecified atom stereocenters. The van der Waals surface area contributed by atoms with Crippen LogP contribution >= 0.6 is 0 Å². The van der Waals surface area contributed by atoms with Crippen molar-refractivity contribution in [2.75, 3.05) is 0 Å². The van der Waals surface area contributed by atoms with Crippen LogP contribution in [0.25, 0.3) is 0 Å². The number of hydrogen-bond acceptors (Lipinski definition) is 1. The lowest BCUT2D eigenvalue weighted by Crippen LogP contribution is -2.31. The number of hydrogen-bond donors (Lipinski definition) is 1. The van der Waals surface area contributed by atoms with Gasteiger partial charge in [0, 0.05) is 12.1 Å². The highest BCUT2D eigenvalue weighted by Crippen LogP contribution is 2.18. The van der Waals surface area contributed by atoms with E-state index in [2.05, 4.69) is 57.3 Å². The van der Waals surface area contributed by atoms with Crippen molar-refractivity contribution in [3.63, 3.8) is 0 Å². The highest BCUT2D eigenvalue weighted by atomic mass is 14.9. The third-order valence-corrected chi connectivity index (χ3v) is 3.27. The van der Waals surface area contributed by atoms with Crippen molar-refractivity contribution >= 4 is 0 Å². The van der Waals surface area contributed by atoms with Crippen molar-refractivity contribution < 1.29 is 0 Å². The Morgan fingerprint density at radius 2 is 1.88 bits per heavy atom. The van der Waals surface area contributed by atoms with Crippen LogP contribution in [-0.4, -0.2) is 6.04 Å². The molecule has 90 valence electrons. The van der Waals surface area contributed by atoms with Crippen molar-refractivity contribution in [1.82, 2.24) is 5.32 Å². The van der Waals surface area contributed by atoms with Crippen LogP contribution in [0.2, 0.25) is 0 Å². The molecule has 1 nitrogen and oxygen atoms in total. The molecule has 1 heteroatoms. The minimum atomic E-state index is 0.456. The maximum atomic E-state index is 3.72. The van der Waals surface area contributed by atoms with E-state index in [0.717, 1.165) is 0 Å². The summed E-state index contributed by atoms with van der Waals surface area (Å²) in [4.78, 5) is 0. The topological polar surface area (TPSA) is 12.0 Å². The van der Waals surface area contributed by atoms with Gasteiger partial charge in [-0.05, 0) is 37.8 Å². The summed E-state index contributed by atoms with van der Waals surface area (Å²) >= 11 is 0. The summed E-state index contributed by atoms with van der Waals surface area (Å²) < 4.78 is 0. The summed E-state index contributed by atoms with van der Waals surface area (Å²) in [7, 11) is 0. The lowest BCUT2D eigenvalue weighted by molar-refractivity contribution is 0.416. The normalized spacial score (nSPS) is 14.8. The van der Waals surface area contributed by atoms with Crippen LogP contribution in [0.15, 0.2) is 24.3 Å². The molecule has 0 aliphatic carbocycles. The average Bonchev–Trinajstić information content (AvgIpc) is 2.28. The summed E-state index contributed by atoms with van der Waals surface area (Å²) in [5.74, 6) is 0. The van der Waals surface area contributed by atoms with Gasteiger partial charge in [0.15, 0.2) is 0 Å². The minimum absolute atomic E-state index is 0.456. The summed E-state index contributed by atoms with van der Waals surface area (Å²) in [5, 5.41) is 3.72. The first-order chi connectivity index (χ1) is 7.69. The van der Waals surface area contributed by atoms with E-state index >= 15 is 0 Å². The van der Waals surface area contributed by atoms with E-state index < -0.39 is 0 Å². The van der Waals surface area contributed by atoms with Gasteiger partial charge in [0.1, 0.15) is 0 Å². The second-order valence-electron chi connectivity index (χ2n) is 4.64. The van der Waals surface area contributed by atoms with E-state index in [9.17, 15) is 0 Å². The van der Waals surface area contributed by atoms with Gasteiger partial charge in [0.2, 0.25) is 0 Å². The largest absolute Gasteiger partial charge is 0.307 e. The molecule has 16 heavy (non-hydrogen) atoms. The average molecular weight is 219 g/mol. The third kappa shape index (κ3) is 3.64. The van der Waals surface area contributed by atoms with E-state index in [0.29, 0.717) is 12.1 Å². The Labute approximate surface area is 100 Å². The maximum absolute atomic E-state index is 3.72. The Morgan fingerprint density at radius 3 is 2.44 bits per heavy atom. The molecule has 0 amide bonds. The van der Waals surface area contributed by atoms with Crippen molar-refractivity contribution in [1.29, 1.82) is 0 Å². The van der Waals surface area contributed by atoms with E-state index in [1.165, 1.54) is 30.4 Å². The van der Waals surface area contributed by atoms with Crippen LogP contribution < -0.4 is 5.32 Å². The van der Waals surface area contributed by atoms with Crippen LogP contribution in [0.5, 0.6) is 0 Å². The van der Waals surface area contributed by atoms with E-state index in [1.54, 1.807) is 0 Å². The van der Waals surface area contributed by atoms with Crippen molar-refractivity contribution in [2.24, 2.45) is 0 Å². The number of benzene rings is 1. The SMILES string of the molecule is CCCC(CC)N[C@H](C)c1ccccc1C. The Kier molecular flexibility index (Phi) is 5.54. The van der Waals surface area contributed by atoms with Crippen LogP contribution in [0.4, 0.5) is 0 Å². The molecular formula is C15H25N. The monoisotopic (exact) mass is 219 g/mol. The molecule has 0 radical (unpaired) electrons. The van der Waals surface area contributed by atoms with Crippen molar-refractivity contribution in [3.8, 4) is 0 Å². The Bertz CT molecular complexity index is 306. The molecule has 1 rings (SSSR count). The van der Waals surface area contributed by atoms with Crippen LogP contribution in [0.3, 0.4) is 0 Å². The highest BCUT2D eigenvalue weighted by molar-refractivity contribution is 5.28. The standard InChI is InChI=1S/C15H25N/c1-5-9-14(6-2)16-13(4)15-11-8-7-10-12(15)3/h7-8,10-11,13-14,16H,5-6,9H2,1-4H3/t13-,14?/m1/s1. The molecule has 0 saturated carbocycles. The highest BCUT2D eigenvalue weighted by Gasteiger charge is 2.12. The molecule has 2 atom stereocenters. The molecule has 0 bridgehead atoms. The molecule has 1 aromatic rings. The summed E-state index contributed by atoms with van der Waals surface area (Å²) in [6, 6.07) is 9.76. The lowest BCUT2D eigenvalue weighted by atomic mass is 10.0. The fourth-order valence-corrected chi connectivity index (χ4v) is 2.27. The van der Waals surface area contributed by atoms with Gasteiger partial charge >= 0.3 is 0 Å². The quantitative estimate of drug-likeness (QED) is 0.755. The fraction of sp³-hybridized carbons (Fsp3) is 0.600. The van der Waals surface area contributed by atoms with Gasteiger partial charge in [-0.25, -0.2) is 0 Å². The molecular weight excluding hydrogens is 194 g/mol. The van der Waals surface area contributed by atoms with E-state index in [1.807, 2.05) is 0 Å². The molecule has 1 N–H and O–H groups in total. The number of nitrogens with one attached hydrogen (secondary N) is 1. The van der Waals surface area contributed by atoms with Crippen molar-refractivity contribution in [2.45, 2.75) is 59.0 Å². The molecule has 0 spiro atoms. The molecule has 0 fully saturated rings. The maximum Gasteiger partial charge on any atom is 0.0296 e. The van der Waals surface area contributed by atoms with Gasteiger partial charge in [-0.15, -0.1) is 0 Å². The lowest BCUT2D eigenvalue weighted by Gasteiger charge is -2.23. The molecule has 0 heterocycles. The summed E-state index contributed by atoms with van der Waals surface area (Å²) in [6.45, 7) is 8.97. The van der Waals surface area contributed by atoms with Crippen molar-refractivity contribution in [3.05, 3.63) is 35.4 Å². The van der Waals surface area contributed by atoms with E-state index in [-0.39, 0.29) is 0 Å². The van der Waals surface area contributed by atoms with Gasteiger partial charge in [-0.2, -0.15) is 0 Å². The van der Waals surface area contributed by atoms with Gasteiger partial charge in [-0.1, -0.05) is 44.5 Å². The predicted octanol–water partition coefficient (Wildman–Crippen LogP) is 4.22. The van der Waals surface area contributed by atoms with Gasteiger partial charge in [-0.3, -0.25) is 0 Å². The third-order valence-electron chi connectivity index (χ3n) is 3.27. The molecule has 0 saturated heterocycles. The molecule has 0 aromatic heterocycles. The summed E-state index contributed by atoms with van der Waals surface area (Å²) in [5.41, 5.74) is 2.81. The number of aryl methyl sites for hydroxylation is 1. The molecule has 1 aromatic carbocycles. The predicted molar refractivity (Wildman–Crippen MR) is 71.7 cm³/mol. The first-order valence-electron chi connectivity index (χ1n) is 6.50. The second kappa shape index (κ2) is 6.70. The molecule has 0 aliphatic heterocycles. The minimum Gasteiger partial charge on any atom is -0.307 e. The Morgan fingerprint density at radius 1 is 1.19 bits per heavy atom.